The van der Waals surface area contributed by atoms with Gasteiger partial charge in [0.2, 0.25) is 0 Å². The molecule has 64 valence electrons. The number of hydrogen-bond acceptors (Lipinski definition) is 3. The zero-order valence-electron chi connectivity index (χ0n) is 6.07. The Kier molecular flexibility index (Phi) is 2.18. The van der Waals surface area contributed by atoms with Gasteiger partial charge in [-0.25, -0.2) is 4.79 Å². The molecule has 0 amide bonds. The van der Waals surface area contributed by atoms with Crippen molar-refractivity contribution >= 4 is 24.9 Å². The summed E-state index contributed by atoms with van der Waals surface area (Å²) in [6.07, 6.45) is 5.97. The van der Waals surface area contributed by atoms with E-state index in [2.05, 4.69) is 0 Å². The van der Waals surface area contributed by atoms with Crippen LogP contribution in [-0.2, 0) is 13.8 Å². The molecule has 0 aromatic carbocycles. The Labute approximate surface area is 75.7 Å². The van der Waals surface area contributed by atoms with Gasteiger partial charge in [-0.3, -0.25) is 0 Å². The molecule has 2 rings (SSSR count). The van der Waals surface area contributed by atoms with Gasteiger partial charge < -0.3 is 9.05 Å². The van der Waals surface area contributed by atoms with Crippen molar-refractivity contribution in [1.29, 1.82) is 0 Å². The first-order valence-electron chi connectivity index (χ1n) is 3.49. The highest BCUT2D eigenvalue weighted by Crippen LogP contribution is 2.51. The lowest BCUT2D eigenvalue weighted by molar-refractivity contribution is -0.132. The first-order chi connectivity index (χ1) is 5.77. The highest BCUT2D eigenvalue weighted by atomic mass is 35.7. The van der Waals surface area contributed by atoms with E-state index in [0.717, 1.165) is 0 Å². The lowest BCUT2D eigenvalue weighted by atomic mass is 10.0. The molecule has 1 saturated heterocycles. The Balaban J connectivity index is 2.24. The van der Waals surface area contributed by atoms with Crippen LogP contribution in [0.15, 0.2) is 23.8 Å². The van der Waals surface area contributed by atoms with Crippen molar-refractivity contribution in [1.82, 2.24) is 0 Å². The largest absolute Gasteiger partial charge is 0.400 e. The smallest absolute Gasteiger partial charge is 0.342 e. The molecular weight excluding hydrogens is 199 g/mol. The molecule has 12 heavy (non-hydrogen) atoms. The molecule has 2 aliphatic rings. The maximum Gasteiger partial charge on any atom is 0.342 e. The third kappa shape index (κ3) is 1.40. The van der Waals surface area contributed by atoms with Crippen molar-refractivity contribution in [3.05, 3.63) is 23.8 Å². The topological polar surface area (TPSA) is 35.5 Å². The van der Waals surface area contributed by atoms with E-state index in [4.69, 9.17) is 20.3 Å². The fraction of sp³-hybridized carbons (Fsp3) is 0.286. The van der Waals surface area contributed by atoms with E-state index in [1.165, 1.54) is 0 Å². The third-order valence-corrected chi connectivity index (χ3v) is 2.89. The summed E-state index contributed by atoms with van der Waals surface area (Å²) in [5, 5.41) is 0. The Morgan fingerprint density at radius 2 is 2.50 bits per heavy atom. The monoisotopic (exact) mass is 204 g/mol. The summed E-state index contributed by atoms with van der Waals surface area (Å²) in [7, 11) is -1.53. The molecule has 0 spiro atoms. The number of halogens is 1. The van der Waals surface area contributed by atoms with Gasteiger partial charge in [-0.05, 0) is 23.7 Å². The van der Waals surface area contributed by atoms with Crippen LogP contribution in [0.3, 0.4) is 0 Å². The van der Waals surface area contributed by atoms with Crippen LogP contribution in [-0.4, -0.2) is 12.1 Å². The molecule has 1 heterocycles. The van der Waals surface area contributed by atoms with Crippen LogP contribution in [0.5, 0.6) is 0 Å². The lowest BCUT2D eigenvalue weighted by Gasteiger charge is -2.27. The van der Waals surface area contributed by atoms with Crippen molar-refractivity contribution in [3.8, 4) is 0 Å². The van der Waals surface area contributed by atoms with Crippen molar-refractivity contribution < 1.29 is 13.8 Å². The summed E-state index contributed by atoms with van der Waals surface area (Å²) in [5.41, 5.74) is 0.567. The van der Waals surface area contributed by atoms with Crippen molar-refractivity contribution in [2.24, 2.45) is 0 Å². The average Bonchev–Trinajstić information content (AvgIpc) is 2.04. The van der Waals surface area contributed by atoms with Gasteiger partial charge in [0.25, 0.3) is 0 Å². The molecule has 5 heteroatoms. The van der Waals surface area contributed by atoms with Gasteiger partial charge in [0.05, 0.1) is 5.57 Å². The molecule has 1 fully saturated rings. The van der Waals surface area contributed by atoms with Gasteiger partial charge in [0.15, 0.2) is 0 Å². The maximum absolute atomic E-state index is 11.2. The first-order valence-corrected chi connectivity index (χ1v) is 5.57. The normalized spacial score (nSPS) is 33.8. The minimum absolute atomic E-state index is 0.195. The quantitative estimate of drug-likeness (QED) is 0.568. The Hall–Kier alpha value is -0.370. The van der Waals surface area contributed by atoms with E-state index in [-0.39, 0.29) is 12.1 Å². The SMILES string of the molecule is O=C1OP(Cl)OC2CC=CC=C12. The van der Waals surface area contributed by atoms with Crippen LogP contribution in [0.2, 0.25) is 0 Å². The summed E-state index contributed by atoms with van der Waals surface area (Å²) in [6.45, 7) is 0. The zero-order chi connectivity index (χ0) is 8.55. The van der Waals surface area contributed by atoms with Crippen LogP contribution in [0.25, 0.3) is 0 Å². The van der Waals surface area contributed by atoms with E-state index >= 15 is 0 Å². The Morgan fingerprint density at radius 1 is 1.67 bits per heavy atom. The lowest BCUT2D eigenvalue weighted by Crippen LogP contribution is -2.26. The Morgan fingerprint density at radius 3 is 3.33 bits per heavy atom. The summed E-state index contributed by atoms with van der Waals surface area (Å²) >= 11 is 5.58. The molecule has 2 atom stereocenters. The summed E-state index contributed by atoms with van der Waals surface area (Å²) in [5.74, 6) is -0.350. The Bertz CT molecular complexity index is 274. The molecule has 3 nitrogen and oxygen atoms in total. The molecule has 0 N–H and O–H groups in total. The fourth-order valence-electron chi connectivity index (χ4n) is 1.15. The number of carbonyl (C=O) groups is 1. The predicted molar refractivity (Wildman–Crippen MR) is 45.6 cm³/mol. The van der Waals surface area contributed by atoms with Crippen LogP contribution >= 0.6 is 19.0 Å². The number of rotatable bonds is 0. The van der Waals surface area contributed by atoms with E-state index in [9.17, 15) is 4.79 Å². The fourth-order valence-corrected chi connectivity index (χ4v) is 2.30. The average molecular weight is 205 g/mol. The highest BCUT2D eigenvalue weighted by molar-refractivity contribution is 7.76. The third-order valence-electron chi connectivity index (χ3n) is 1.71. The molecule has 2 unspecified atom stereocenters. The van der Waals surface area contributed by atoms with Crippen LogP contribution in [0.4, 0.5) is 0 Å². The molecule has 0 aromatic rings. The van der Waals surface area contributed by atoms with Gasteiger partial charge in [-0.15, -0.1) is 0 Å². The predicted octanol–water partition coefficient (Wildman–Crippen LogP) is 2.28. The molecule has 1 aliphatic carbocycles. The molecular formula is C7H6ClO3P. The van der Waals surface area contributed by atoms with Gasteiger partial charge in [-0.1, -0.05) is 12.2 Å². The van der Waals surface area contributed by atoms with Crippen LogP contribution < -0.4 is 0 Å². The molecule has 0 aromatic heterocycles. The van der Waals surface area contributed by atoms with Gasteiger partial charge in [0.1, 0.15) is 6.10 Å². The molecule has 0 saturated carbocycles. The first kappa shape index (κ1) is 8.24. The van der Waals surface area contributed by atoms with Gasteiger partial charge in [0, 0.05) is 0 Å². The highest BCUT2D eigenvalue weighted by Gasteiger charge is 2.34. The second-order valence-corrected chi connectivity index (χ2v) is 4.12. The number of hydrogen-bond donors (Lipinski definition) is 0. The van der Waals surface area contributed by atoms with Crippen LogP contribution in [0.1, 0.15) is 6.42 Å². The van der Waals surface area contributed by atoms with Gasteiger partial charge in [-0.2, -0.15) is 0 Å². The molecule has 1 aliphatic heterocycles. The number of carbonyl (C=O) groups excluding carboxylic acids is 1. The van der Waals surface area contributed by atoms with Gasteiger partial charge >= 0.3 is 13.7 Å². The molecule has 0 bridgehead atoms. The maximum atomic E-state index is 11.2. The van der Waals surface area contributed by atoms with E-state index < -0.39 is 7.73 Å². The summed E-state index contributed by atoms with van der Waals surface area (Å²) < 4.78 is 9.95. The van der Waals surface area contributed by atoms with E-state index in [0.29, 0.717) is 12.0 Å². The second-order valence-electron chi connectivity index (χ2n) is 2.47. The second kappa shape index (κ2) is 3.17. The zero-order valence-corrected chi connectivity index (χ0v) is 7.72. The minimum atomic E-state index is -1.53. The van der Waals surface area contributed by atoms with E-state index in [1.54, 1.807) is 6.08 Å². The minimum Gasteiger partial charge on any atom is -0.400 e. The number of fused-ring (bicyclic) bond motifs is 1. The number of allylic oxidation sites excluding steroid dienone is 2. The van der Waals surface area contributed by atoms with Crippen LogP contribution in [0, 0.1) is 0 Å². The standard InChI is InChI=1S/C7H6ClO3P/c8-12-10-6-4-2-1-3-5(6)7(9)11-12/h1-3,6H,4H2. The van der Waals surface area contributed by atoms with Crippen molar-refractivity contribution in [2.75, 3.05) is 0 Å². The van der Waals surface area contributed by atoms with Crippen molar-refractivity contribution in [2.45, 2.75) is 12.5 Å². The molecule has 0 radical (unpaired) electrons. The summed E-state index contributed by atoms with van der Waals surface area (Å²) in [6, 6.07) is 0. The summed E-state index contributed by atoms with van der Waals surface area (Å²) in [4.78, 5) is 11.2. The van der Waals surface area contributed by atoms with E-state index in [1.807, 2.05) is 12.2 Å². The van der Waals surface area contributed by atoms with Crippen molar-refractivity contribution in [3.63, 3.8) is 0 Å².